The van der Waals surface area contributed by atoms with E-state index in [2.05, 4.69) is 29.0 Å². The highest BCUT2D eigenvalue weighted by Crippen LogP contribution is 2.32. The van der Waals surface area contributed by atoms with Crippen LogP contribution in [0.4, 0.5) is 0 Å². The molecule has 0 saturated carbocycles. The minimum atomic E-state index is -1.57. The molecule has 1 fully saturated rings. The summed E-state index contributed by atoms with van der Waals surface area (Å²) in [6.45, 7) is 7.00. The smallest absolute Gasteiger partial charge is 0.307 e. The number of nitrogens with zero attached hydrogens (tertiary/aromatic N) is 4. The zero-order valence-corrected chi connectivity index (χ0v) is 24.2. The Morgan fingerprint density at radius 1 is 1.18 bits per heavy atom. The van der Waals surface area contributed by atoms with Gasteiger partial charge in [0, 0.05) is 50.1 Å². The van der Waals surface area contributed by atoms with Crippen molar-refractivity contribution < 1.29 is 18.5 Å². The predicted molar refractivity (Wildman–Crippen MR) is 155 cm³/mol. The van der Waals surface area contributed by atoms with Crippen molar-refractivity contribution in [3.8, 4) is 0 Å². The van der Waals surface area contributed by atoms with Crippen LogP contribution in [0.2, 0.25) is 0 Å². The summed E-state index contributed by atoms with van der Waals surface area (Å²) in [5, 5.41) is 0. The van der Waals surface area contributed by atoms with Crippen LogP contribution in [0.15, 0.2) is 57.3 Å². The number of amides is 1. The number of esters is 1. The average Bonchev–Trinajstić information content (AvgIpc) is 3.50. The maximum Gasteiger partial charge on any atom is 0.307 e. The van der Waals surface area contributed by atoms with Crippen molar-refractivity contribution in [3.05, 3.63) is 69.6 Å². The first-order chi connectivity index (χ1) is 18.8. The Morgan fingerprint density at radius 3 is 2.69 bits per heavy atom. The quantitative estimate of drug-likeness (QED) is 0.456. The number of thiophene rings is 1. The molecular weight excluding hydrogens is 532 g/mol. The van der Waals surface area contributed by atoms with Gasteiger partial charge in [0.2, 0.25) is 5.91 Å². The van der Waals surface area contributed by atoms with Crippen LogP contribution in [0.25, 0.3) is 6.08 Å². The molecule has 8 nitrogen and oxygen atoms in total. The Morgan fingerprint density at radius 2 is 1.97 bits per heavy atom. The van der Waals surface area contributed by atoms with E-state index in [-0.39, 0.29) is 18.9 Å². The monoisotopic (exact) mass is 566 g/mol. The highest BCUT2D eigenvalue weighted by atomic mass is 32.2. The number of hydrogen-bond donors (Lipinski definition) is 0. The van der Waals surface area contributed by atoms with E-state index in [4.69, 9.17) is 4.74 Å². The van der Waals surface area contributed by atoms with E-state index < -0.39 is 23.0 Å². The number of benzene rings is 1. The van der Waals surface area contributed by atoms with Gasteiger partial charge in [-0.1, -0.05) is 48.1 Å². The zero-order valence-electron chi connectivity index (χ0n) is 22.6. The Kier molecular flexibility index (Phi) is 8.44. The molecule has 0 N–H and O–H groups in total. The van der Waals surface area contributed by atoms with E-state index in [1.54, 1.807) is 16.1 Å². The molecule has 2 atom stereocenters. The standard InChI is InChI=1S/C29H34N4O4S2/c1-4-37-26(34)18-24-29(35)32(19-21-7-10-22(11-8-21)28-30-13-14-31(28)3)15-16-33(24)39(36)27-17-23-9-5-20(2)6-12-25(23)38-27/h5-11,17,24H,4,12-16,18-19H2,1-3H3. The molecule has 0 bridgehead atoms. The average molecular weight is 567 g/mol. The highest BCUT2D eigenvalue weighted by Gasteiger charge is 2.40. The second-order valence-corrected chi connectivity index (χ2v) is 12.7. The fraction of sp³-hybridized carbons (Fsp3) is 0.414. The summed E-state index contributed by atoms with van der Waals surface area (Å²) in [6.07, 6.45) is 6.92. The van der Waals surface area contributed by atoms with Gasteiger partial charge >= 0.3 is 5.97 Å². The second-order valence-electron chi connectivity index (χ2n) is 9.93. The van der Waals surface area contributed by atoms with E-state index in [1.165, 1.54) is 16.9 Å². The number of rotatable bonds is 8. The van der Waals surface area contributed by atoms with Crippen molar-refractivity contribution in [1.82, 2.24) is 14.1 Å². The van der Waals surface area contributed by atoms with Crippen LogP contribution in [0.3, 0.4) is 0 Å². The Bertz CT molecular complexity index is 1360. The van der Waals surface area contributed by atoms with Crippen molar-refractivity contribution in [3.63, 3.8) is 0 Å². The van der Waals surface area contributed by atoms with Gasteiger partial charge in [-0.3, -0.25) is 14.6 Å². The summed E-state index contributed by atoms with van der Waals surface area (Å²) in [5.41, 5.74) is 4.31. The third-order valence-corrected chi connectivity index (χ3v) is 10.2. The number of piperazine rings is 1. The highest BCUT2D eigenvalue weighted by molar-refractivity contribution is 7.85. The van der Waals surface area contributed by atoms with Gasteiger partial charge in [-0.2, -0.15) is 0 Å². The van der Waals surface area contributed by atoms with Crippen LogP contribution in [0.5, 0.6) is 0 Å². The molecular formula is C29H34N4O4S2. The van der Waals surface area contributed by atoms with Crippen LogP contribution in [-0.2, 0) is 38.3 Å². The van der Waals surface area contributed by atoms with E-state index in [9.17, 15) is 13.8 Å². The van der Waals surface area contributed by atoms with Crippen LogP contribution >= 0.6 is 11.3 Å². The molecule has 1 aromatic carbocycles. The minimum Gasteiger partial charge on any atom is -0.466 e. The van der Waals surface area contributed by atoms with Crippen molar-refractivity contribution in [1.29, 1.82) is 0 Å². The fourth-order valence-electron chi connectivity index (χ4n) is 5.03. The molecule has 1 amide bonds. The van der Waals surface area contributed by atoms with Gasteiger partial charge in [0.25, 0.3) is 0 Å². The molecule has 2 aromatic rings. The first-order valence-corrected chi connectivity index (χ1v) is 15.2. The molecule has 0 spiro atoms. The molecule has 10 heteroatoms. The van der Waals surface area contributed by atoms with Gasteiger partial charge in [-0.05, 0) is 31.0 Å². The lowest BCUT2D eigenvalue weighted by molar-refractivity contribution is -0.150. The van der Waals surface area contributed by atoms with Crippen molar-refractivity contribution in [2.24, 2.45) is 4.99 Å². The molecule has 206 valence electrons. The number of carbonyl (C=O) groups excluding carboxylic acids is 2. The van der Waals surface area contributed by atoms with E-state index in [0.717, 1.165) is 46.9 Å². The molecule has 1 saturated heterocycles. The molecule has 2 unspecified atom stereocenters. The normalized spacial score (nSPS) is 20.4. The second kappa shape index (κ2) is 12.0. The van der Waals surface area contributed by atoms with Crippen molar-refractivity contribution in [2.45, 2.75) is 43.5 Å². The Balaban J connectivity index is 1.33. The third kappa shape index (κ3) is 6.08. The molecule has 0 radical (unpaired) electrons. The number of aliphatic imine (C=N–C) groups is 1. The third-order valence-electron chi connectivity index (χ3n) is 7.18. The van der Waals surface area contributed by atoms with Gasteiger partial charge in [-0.15, -0.1) is 11.3 Å². The maximum atomic E-state index is 13.8. The van der Waals surface area contributed by atoms with E-state index in [0.29, 0.717) is 23.8 Å². The molecule has 39 heavy (non-hydrogen) atoms. The van der Waals surface area contributed by atoms with Gasteiger partial charge in [0.05, 0.1) is 19.6 Å². The van der Waals surface area contributed by atoms with Crippen LogP contribution in [0, 0.1) is 0 Å². The summed E-state index contributed by atoms with van der Waals surface area (Å²) >= 11 is 1.51. The first kappa shape index (κ1) is 27.5. The molecule has 3 heterocycles. The Hall–Kier alpha value is -3.08. The minimum absolute atomic E-state index is 0.132. The number of amidine groups is 1. The topological polar surface area (TPSA) is 82.5 Å². The van der Waals surface area contributed by atoms with Crippen LogP contribution in [-0.4, -0.2) is 81.9 Å². The zero-order chi connectivity index (χ0) is 27.5. The number of likely N-dealkylation sites (N-methyl/N-ethyl adjacent to an activating group) is 1. The molecule has 1 aromatic heterocycles. The lowest BCUT2D eigenvalue weighted by atomic mass is 10.1. The Labute approximate surface area is 236 Å². The fourth-order valence-corrected chi connectivity index (χ4v) is 7.84. The van der Waals surface area contributed by atoms with Gasteiger partial charge in [-0.25, -0.2) is 8.51 Å². The largest absolute Gasteiger partial charge is 0.466 e. The van der Waals surface area contributed by atoms with Gasteiger partial charge < -0.3 is 14.5 Å². The number of ether oxygens (including phenoxy) is 1. The number of hydrogen-bond acceptors (Lipinski definition) is 7. The summed E-state index contributed by atoms with van der Waals surface area (Å²) in [4.78, 5) is 35.8. The predicted octanol–water partition coefficient (Wildman–Crippen LogP) is 3.64. The SMILES string of the molecule is CCOC(=O)CC1C(=O)N(Cc2ccc(C3=NCCN3C)cc2)CCN1S(=O)c1cc2c(s1)CC=C(C)C=C2. The van der Waals surface area contributed by atoms with Crippen molar-refractivity contribution >= 4 is 46.1 Å². The van der Waals surface area contributed by atoms with Crippen molar-refractivity contribution in [2.75, 3.05) is 39.8 Å². The molecule has 3 aliphatic rings. The van der Waals surface area contributed by atoms with E-state index in [1.807, 2.05) is 43.5 Å². The lowest BCUT2D eigenvalue weighted by Crippen LogP contribution is -2.57. The molecule has 5 rings (SSSR count). The number of fused-ring (bicyclic) bond motifs is 1. The summed E-state index contributed by atoms with van der Waals surface area (Å²) < 4.78 is 21.3. The summed E-state index contributed by atoms with van der Waals surface area (Å²) in [5.74, 6) is 0.315. The maximum absolute atomic E-state index is 13.8. The number of allylic oxidation sites excluding steroid dienone is 3. The summed E-state index contributed by atoms with van der Waals surface area (Å²) in [6, 6.07) is 9.21. The van der Waals surface area contributed by atoms with Crippen LogP contribution in [0.1, 0.15) is 41.8 Å². The van der Waals surface area contributed by atoms with Gasteiger partial charge in [0.15, 0.2) is 0 Å². The van der Waals surface area contributed by atoms with Gasteiger partial charge in [0.1, 0.15) is 27.1 Å². The first-order valence-electron chi connectivity index (χ1n) is 13.3. The molecule has 1 aliphatic carbocycles. The van der Waals surface area contributed by atoms with E-state index >= 15 is 0 Å². The lowest BCUT2D eigenvalue weighted by Gasteiger charge is -2.39. The van der Waals surface area contributed by atoms with Crippen LogP contribution < -0.4 is 0 Å². The summed E-state index contributed by atoms with van der Waals surface area (Å²) in [7, 11) is 0.469. The molecule has 2 aliphatic heterocycles. The number of carbonyl (C=O) groups is 2.